The van der Waals surface area contributed by atoms with Crippen molar-refractivity contribution in [2.45, 2.75) is 26.4 Å². The van der Waals surface area contributed by atoms with Gasteiger partial charge in [-0.05, 0) is 35.9 Å². The quantitative estimate of drug-likeness (QED) is 0.154. The number of aromatic nitrogens is 2. The van der Waals surface area contributed by atoms with Gasteiger partial charge in [0.15, 0.2) is 5.75 Å². The fraction of sp³-hybridized carbons (Fsp3) is 0.160. The number of hydrogen-bond acceptors (Lipinski definition) is 8. The Morgan fingerprint density at radius 1 is 1.08 bits per heavy atom. The number of fused-ring (bicyclic) bond motifs is 1. The molecule has 12 heteroatoms. The van der Waals surface area contributed by atoms with E-state index >= 15 is 0 Å². The molecule has 11 nitrogen and oxygen atoms in total. The second-order valence-electron chi connectivity index (χ2n) is 8.35. The minimum absolute atomic E-state index is 0.00841. The van der Waals surface area contributed by atoms with Crippen LogP contribution in [0.1, 0.15) is 36.7 Å². The highest BCUT2D eigenvalue weighted by Crippen LogP contribution is 2.29. The number of halogens is 1. The first kappa shape index (κ1) is 25.6. The van der Waals surface area contributed by atoms with Gasteiger partial charge < -0.3 is 4.74 Å². The standard InChI is InChI=1S/C25H20BrN5O6/c1-15(2)24-28-21-8-7-18(26)12-20(21)25(32)29(24)27-13-16-6-9-23(22(11-16)31(35)36)37-14-17-4-3-5-19(10-17)30(33)34/h3-13,15H,14H2,1-2H3. The smallest absolute Gasteiger partial charge is 0.311 e. The van der Waals surface area contributed by atoms with Gasteiger partial charge in [0.1, 0.15) is 12.4 Å². The van der Waals surface area contributed by atoms with E-state index in [1.165, 1.54) is 41.2 Å². The van der Waals surface area contributed by atoms with Crippen molar-refractivity contribution < 1.29 is 14.6 Å². The molecule has 0 aliphatic rings. The molecule has 0 aliphatic carbocycles. The Balaban J connectivity index is 1.65. The zero-order valence-corrected chi connectivity index (χ0v) is 21.3. The monoisotopic (exact) mass is 565 g/mol. The summed E-state index contributed by atoms with van der Waals surface area (Å²) in [7, 11) is 0. The number of ether oxygens (including phenoxy) is 1. The fourth-order valence-corrected chi connectivity index (χ4v) is 3.94. The van der Waals surface area contributed by atoms with Gasteiger partial charge in [-0.15, -0.1) is 0 Å². The van der Waals surface area contributed by atoms with Gasteiger partial charge in [0, 0.05) is 34.2 Å². The minimum Gasteiger partial charge on any atom is -0.482 e. The summed E-state index contributed by atoms with van der Waals surface area (Å²) >= 11 is 3.36. The summed E-state index contributed by atoms with van der Waals surface area (Å²) < 4.78 is 7.51. The van der Waals surface area contributed by atoms with Crippen molar-refractivity contribution in [3.63, 3.8) is 0 Å². The summed E-state index contributed by atoms with van der Waals surface area (Å²) in [4.78, 5) is 39.3. The van der Waals surface area contributed by atoms with Gasteiger partial charge in [0.25, 0.3) is 11.2 Å². The predicted octanol–water partition coefficient (Wildman–Crippen LogP) is 5.56. The molecular weight excluding hydrogens is 546 g/mol. The van der Waals surface area contributed by atoms with Crippen LogP contribution in [0.5, 0.6) is 5.75 Å². The van der Waals surface area contributed by atoms with Crippen molar-refractivity contribution in [2.24, 2.45) is 5.10 Å². The molecule has 0 bridgehead atoms. The molecule has 1 heterocycles. The topological polar surface area (TPSA) is 143 Å². The third-order valence-electron chi connectivity index (χ3n) is 5.37. The highest BCUT2D eigenvalue weighted by Gasteiger charge is 2.17. The van der Waals surface area contributed by atoms with Gasteiger partial charge in [-0.3, -0.25) is 25.0 Å². The van der Waals surface area contributed by atoms with E-state index in [-0.39, 0.29) is 35.2 Å². The number of hydrogen-bond donors (Lipinski definition) is 0. The second-order valence-corrected chi connectivity index (χ2v) is 9.26. The van der Waals surface area contributed by atoms with E-state index in [0.29, 0.717) is 27.9 Å². The summed E-state index contributed by atoms with van der Waals surface area (Å²) in [5.41, 5.74) is 0.623. The molecule has 0 spiro atoms. The van der Waals surface area contributed by atoms with E-state index in [1.807, 2.05) is 13.8 Å². The lowest BCUT2D eigenvalue weighted by molar-refractivity contribution is -0.386. The first-order valence-electron chi connectivity index (χ1n) is 11.0. The number of benzene rings is 3. The van der Waals surface area contributed by atoms with Gasteiger partial charge in [-0.2, -0.15) is 9.78 Å². The molecule has 0 amide bonds. The van der Waals surface area contributed by atoms with Crippen LogP contribution in [0.2, 0.25) is 0 Å². The molecule has 0 atom stereocenters. The minimum atomic E-state index is -0.596. The Labute approximate surface area is 218 Å². The first-order valence-corrected chi connectivity index (χ1v) is 11.8. The van der Waals surface area contributed by atoms with Gasteiger partial charge in [0.2, 0.25) is 0 Å². The van der Waals surface area contributed by atoms with Gasteiger partial charge in [-0.25, -0.2) is 4.98 Å². The van der Waals surface area contributed by atoms with Crippen LogP contribution in [0.15, 0.2) is 75.0 Å². The van der Waals surface area contributed by atoms with Crippen LogP contribution in [-0.4, -0.2) is 25.7 Å². The molecule has 0 aliphatic heterocycles. The lowest BCUT2D eigenvalue weighted by atomic mass is 10.2. The van der Waals surface area contributed by atoms with Crippen LogP contribution >= 0.6 is 15.9 Å². The lowest BCUT2D eigenvalue weighted by Crippen LogP contribution is -2.23. The van der Waals surface area contributed by atoms with E-state index in [9.17, 15) is 25.0 Å². The van der Waals surface area contributed by atoms with E-state index in [4.69, 9.17) is 4.74 Å². The number of non-ortho nitro benzene ring substituents is 1. The molecule has 0 unspecified atom stereocenters. The maximum absolute atomic E-state index is 13.2. The van der Waals surface area contributed by atoms with E-state index in [2.05, 4.69) is 26.0 Å². The Morgan fingerprint density at radius 3 is 2.57 bits per heavy atom. The fourth-order valence-electron chi connectivity index (χ4n) is 3.58. The summed E-state index contributed by atoms with van der Waals surface area (Å²) in [6.07, 6.45) is 1.34. The number of nitrogens with zero attached hydrogens (tertiary/aromatic N) is 5. The van der Waals surface area contributed by atoms with Crippen LogP contribution in [0.4, 0.5) is 11.4 Å². The third-order valence-corrected chi connectivity index (χ3v) is 5.86. The Kier molecular flexibility index (Phi) is 7.39. The summed E-state index contributed by atoms with van der Waals surface area (Å²) in [5.74, 6) is 0.324. The van der Waals surface area contributed by atoms with Crippen molar-refractivity contribution >= 4 is 44.4 Å². The SMILES string of the molecule is CC(C)c1nc2ccc(Br)cc2c(=O)n1N=Cc1ccc(OCc2cccc([N+](=O)[O-])c2)c([N+](=O)[O-])c1. The molecule has 37 heavy (non-hydrogen) atoms. The van der Waals surface area contributed by atoms with Crippen molar-refractivity contribution in [3.05, 3.63) is 113 Å². The number of nitro benzene ring substituents is 2. The van der Waals surface area contributed by atoms with E-state index in [1.54, 1.807) is 30.3 Å². The number of nitro groups is 2. The molecule has 4 aromatic rings. The van der Waals surface area contributed by atoms with Crippen molar-refractivity contribution in [1.29, 1.82) is 0 Å². The Bertz CT molecular complexity index is 1620. The highest BCUT2D eigenvalue weighted by molar-refractivity contribution is 9.10. The molecule has 1 aromatic heterocycles. The predicted molar refractivity (Wildman–Crippen MR) is 141 cm³/mol. The van der Waals surface area contributed by atoms with E-state index < -0.39 is 9.85 Å². The number of rotatable bonds is 8. The van der Waals surface area contributed by atoms with Gasteiger partial charge >= 0.3 is 5.69 Å². The van der Waals surface area contributed by atoms with Crippen LogP contribution < -0.4 is 10.3 Å². The van der Waals surface area contributed by atoms with Crippen LogP contribution in [-0.2, 0) is 6.61 Å². The molecule has 188 valence electrons. The summed E-state index contributed by atoms with van der Waals surface area (Å²) in [5, 5.41) is 27.4. The Morgan fingerprint density at radius 2 is 1.86 bits per heavy atom. The maximum atomic E-state index is 13.2. The van der Waals surface area contributed by atoms with E-state index in [0.717, 1.165) is 4.47 Å². The molecule has 4 rings (SSSR count). The van der Waals surface area contributed by atoms with Gasteiger partial charge in [0.05, 0.1) is 27.0 Å². The molecule has 0 N–H and O–H groups in total. The highest BCUT2D eigenvalue weighted by atomic mass is 79.9. The molecule has 0 saturated carbocycles. The summed E-state index contributed by atoms with van der Waals surface area (Å²) in [6.45, 7) is 3.68. The van der Waals surface area contributed by atoms with Gasteiger partial charge in [-0.1, -0.05) is 41.9 Å². The lowest BCUT2D eigenvalue weighted by Gasteiger charge is -2.12. The van der Waals surface area contributed by atoms with Crippen LogP contribution in [0, 0.1) is 20.2 Å². The Hall–Kier alpha value is -4.45. The van der Waals surface area contributed by atoms with Crippen LogP contribution in [0.3, 0.4) is 0 Å². The zero-order chi connectivity index (χ0) is 26.7. The second kappa shape index (κ2) is 10.7. The first-order chi connectivity index (χ1) is 17.6. The molecule has 0 radical (unpaired) electrons. The average molecular weight is 566 g/mol. The maximum Gasteiger partial charge on any atom is 0.311 e. The van der Waals surface area contributed by atoms with Crippen molar-refractivity contribution in [3.8, 4) is 5.75 Å². The molecule has 0 fully saturated rings. The summed E-state index contributed by atoms with van der Waals surface area (Å²) in [6, 6.07) is 15.3. The average Bonchev–Trinajstić information content (AvgIpc) is 2.87. The molecule has 3 aromatic carbocycles. The van der Waals surface area contributed by atoms with Crippen LogP contribution in [0.25, 0.3) is 10.9 Å². The van der Waals surface area contributed by atoms with Crippen molar-refractivity contribution in [2.75, 3.05) is 0 Å². The third kappa shape index (κ3) is 5.70. The molecule has 0 saturated heterocycles. The van der Waals surface area contributed by atoms with Crippen molar-refractivity contribution in [1.82, 2.24) is 9.66 Å². The zero-order valence-electron chi connectivity index (χ0n) is 19.7. The largest absolute Gasteiger partial charge is 0.482 e. The normalized spacial score (nSPS) is 11.4. The molecular formula is C25H20BrN5O6.